The van der Waals surface area contributed by atoms with Gasteiger partial charge in [-0.3, -0.25) is 14.6 Å². The van der Waals surface area contributed by atoms with E-state index >= 15 is 0 Å². The molecule has 0 bridgehead atoms. The van der Waals surface area contributed by atoms with Gasteiger partial charge in [0, 0.05) is 60.9 Å². The molecule has 0 spiro atoms. The Bertz CT molecular complexity index is 1260. The minimum Gasteiger partial charge on any atom is -0.361 e. The molecule has 1 fully saturated rings. The molecule has 2 aromatic carbocycles. The summed E-state index contributed by atoms with van der Waals surface area (Å²) in [5.41, 5.74) is 4.31. The number of carbonyl (C=O) groups excluding carboxylic acids is 2. The fourth-order valence-electron chi connectivity index (χ4n) is 4.31. The average molecular weight is 425 g/mol. The van der Waals surface area contributed by atoms with Gasteiger partial charge in [0.15, 0.2) is 0 Å². The first kappa shape index (κ1) is 20.0. The number of aromatic amines is 1. The zero-order valence-electron chi connectivity index (χ0n) is 17.9. The van der Waals surface area contributed by atoms with Crippen LogP contribution in [0.5, 0.6) is 0 Å². The van der Waals surface area contributed by atoms with Crippen LogP contribution in [0.3, 0.4) is 0 Å². The highest BCUT2D eigenvalue weighted by Crippen LogP contribution is 2.22. The van der Waals surface area contributed by atoms with Crippen LogP contribution in [0.2, 0.25) is 0 Å². The average Bonchev–Trinajstić information content (AvgIpc) is 3.32. The Labute approximate surface area is 186 Å². The fourth-order valence-corrected chi connectivity index (χ4v) is 4.31. The van der Waals surface area contributed by atoms with Gasteiger partial charge >= 0.3 is 0 Å². The quantitative estimate of drug-likeness (QED) is 0.535. The molecule has 0 unspecified atom stereocenters. The summed E-state index contributed by atoms with van der Waals surface area (Å²) in [5.74, 6) is -0.00332. The Morgan fingerprint density at radius 2 is 1.75 bits per heavy atom. The topological polar surface area (TPSA) is 69.3 Å². The van der Waals surface area contributed by atoms with Gasteiger partial charge in [0.1, 0.15) is 0 Å². The van der Waals surface area contributed by atoms with E-state index in [4.69, 9.17) is 0 Å². The van der Waals surface area contributed by atoms with Gasteiger partial charge in [0.05, 0.1) is 0 Å². The number of fused-ring (bicyclic) bond motifs is 1. The predicted molar refractivity (Wildman–Crippen MR) is 124 cm³/mol. The van der Waals surface area contributed by atoms with Crippen molar-refractivity contribution >= 4 is 22.7 Å². The van der Waals surface area contributed by atoms with Crippen LogP contribution in [-0.2, 0) is 0 Å². The van der Waals surface area contributed by atoms with Crippen LogP contribution >= 0.6 is 0 Å². The first-order chi connectivity index (χ1) is 15.6. The number of hydrogen-bond donors (Lipinski definition) is 1. The van der Waals surface area contributed by atoms with Gasteiger partial charge in [0.25, 0.3) is 11.8 Å². The van der Waals surface area contributed by atoms with Crippen LogP contribution in [0.1, 0.15) is 27.6 Å². The minimum atomic E-state index is -0.0609. The second kappa shape index (κ2) is 8.30. The molecule has 2 amide bonds. The van der Waals surface area contributed by atoms with Gasteiger partial charge in [-0.2, -0.15) is 0 Å². The van der Waals surface area contributed by atoms with Crippen molar-refractivity contribution in [1.82, 2.24) is 19.8 Å². The number of carbonyl (C=O) groups is 2. The molecule has 1 aliphatic rings. The molecule has 6 heteroatoms. The highest BCUT2D eigenvalue weighted by atomic mass is 16.2. The maximum Gasteiger partial charge on any atom is 0.254 e. The largest absolute Gasteiger partial charge is 0.361 e. The highest BCUT2D eigenvalue weighted by molar-refractivity contribution is 5.99. The van der Waals surface area contributed by atoms with E-state index in [2.05, 4.69) is 9.97 Å². The third kappa shape index (κ3) is 3.75. The Hall–Kier alpha value is -3.93. The highest BCUT2D eigenvalue weighted by Gasteiger charge is 2.30. The molecule has 1 atom stereocenters. The zero-order chi connectivity index (χ0) is 22.1. The molecule has 1 saturated heterocycles. The Morgan fingerprint density at radius 3 is 2.50 bits per heavy atom. The van der Waals surface area contributed by atoms with Gasteiger partial charge in [-0.15, -0.1) is 0 Å². The molecular formula is C26H24N4O2. The normalized spacial score (nSPS) is 16.3. The molecule has 3 heterocycles. The number of hydrogen-bond acceptors (Lipinski definition) is 3. The van der Waals surface area contributed by atoms with E-state index < -0.39 is 0 Å². The maximum atomic E-state index is 13.1. The van der Waals surface area contributed by atoms with Crippen molar-refractivity contribution in [2.45, 2.75) is 13.0 Å². The summed E-state index contributed by atoms with van der Waals surface area (Å²) in [5, 5.41) is 1.08. The van der Waals surface area contributed by atoms with Crippen molar-refractivity contribution in [2.75, 3.05) is 19.6 Å². The standard InChI is InChI=1S/C26H24N4O2/c1-18-17-29(25(31)21-7-4-19(5-8-21)23-3-2-11-27-16-23)13-14-30(18)26(32)22-9-6-20-10-12-28-24(20)15-22/h2-12,15-16,18,28H,13-14,17H2,1H3/t18-/m0/s1. The third-order valence-electron chi connectivity index (χ3n) is 6.10. The van der Waals surface area contributed by atoms with Gasteiger partial charge in [-0.25, -0.2) is 0 Å². The second-order valence-electron chi connectivity index (χ2n) is 8.20. The number of benzene rings is 2. The van der Waals surface area contributed by atoms with E-state index in [0.717, 1.165) is 22.0 Å². The smallest absolute Gasteiger partial charge is 0.254 e. The van der Waals surface area contributed by atoms with Gasteiger partial charge in [-0.1, -0.05) is 24.3 Å². The van der Waals surface area contributed by atoms with Crippen molar-refractivity contribution in [1.29, 1.82) is 0 Å². The molecule has 0 radical (unpaired) electrons. The monoisotopic (exact) mass is 424 g/mol. The van der Waals surface area contributed by atoms with Gasteiger partial charge in [0.2, 0.25) is 0 Å². The number of H-pyrrole nitrogens is 1. The van der Waals surface area contributed by atoms with Crippen LogP contribution < -0.4 is 0 Å². The molecular weight excluding hydrogens is 400 g/mol. The van der Waals surface area contributed by atoms with Crippen LogP contribution in [0.4, 0.5) is 0 Å². The Kier molecular flexibility index (Phi) is 5.19. The second-order valence-corrected chi connectivity index (χ2v) is 8.20. The molecule has 0 saturated carbocycles. The van der Waals surface area contributed by atoms with Gasteiger partial charge in [-0.05, 0) is 59.8 Å². The molecule has 0 aliphatic carbocycles. The molecule has 160 valence electrons. The third-order valence-corrected chi connectivity index (χ3v) is 6.10. The summed E-state index contributed by atoms with van der Waals surface area (Å²) >= 11 is 0. The summed E-state index contributed by atoms with van der Waals surface area (Å²) in [7, 11) is 0. The molecule has 5 rings (SSSR count). The Balaban J connectivity index is 1.26. The number of nitrogens with one attached hydrogen (secondary N) is 1. The first-order valence-electron chi connectivity index (χ1n) is 10.8. The van der Waals surface area contributed by atoms with Crippen LogP contribution in [-0.4, -0.2) is 57.3 Å². The minimum absolute atomic E-state index is 0.00178. The molecule has 2 aromatic heterocycles. The summed E-state index contributed by atoms with van der Waals surface area (Å²) in [6, 6.07) is 19.2. The molecule has 4 aromatic rings. The van der Waals surface area contributed by atoms with Gasteiger partial charge < -0.3 is 14.8 Å². The lowest BCUT2D eigenvalue weighted by Crippen LogP contribution is -2.55. The lowest BCUT2D eigenvalue weighted by molar-refractivity contribution is 0.0414. The van der Waals surface area contributed by atoms with E-state index in [1.807, 2.05) is 89.8 Å². The van der Waals surface area contributed by atoms with Crippen LogP contribution in [0.15, 0.2) is 79.3 Å². The summed E-state index contributed by atoms with van der Waals surface area (Å²) < 4.78 is 0. The van der Waals surface area contributed by atoms with E-state index in [9.17, 15) is 9.59 Å². The zero-order valence-corrected chi connectivity index (χ0v) is 17.9. The molecule has 6 nitrogen and oxygen atoms in total. The number of nitrogens with zero attached hydrogens (tertiary/aromatic N) is 3. The SMILES string of the molecule is C[C@H]1CN(C(=O)c2ccc(-c3cccnc3)cc2)CCN1C(=O)c1ccc2cc[nH]c2c1. The lowest BCUT2D eigenvalue weighted by Gasteiger charge is -2.40. The van der Waals surface area contributed by atoms with E-state index in [1.165, 1.54) is 0 Å². The number of rotatable bonds is 3. The van der Waals surface area contributed by atoms with E-state index in [1.54, 1.807) is 6.20 Å². The molecule has 32 heavy (non-hydrogen) atoms. The van der Waals surface area contributed by atoms with Crippen molar-refractivity contribution in [3.05, 3.63) is 90.4 Å². The first-order valence-corrected chi connectivity index (χ1v) is 10.8. The van der Waals surface area contributed by atoms with Crippen LogP contribution in [0.25, 0.3) is 22.0 Å². The van der Waals surface area contributed by atoms with Crippen molar-refractivity contribution < 1.29 is 9.59 Å². The lowest BCUT2D eigenvalue weighted by atomic mass is 10.0. The number of amides is 2. The number of piperazine rings is 1. The Morgan fingerprint density at radius 1 is 0.938 bits per heavy atom. The van der Waals surface area contributed by atoms with Crippen molar-refractivity contribution in [2.24, 2.45) is 0 Å². The fraction of sp³-hybridized carbons (Fsp3) is 0.192. The number of aromatic nitrogens is 2. The molecule has 1 aliphatic heterocycles. The van der Waals surface area contributed by atoms with Crippen molar-refractivity contribution in [3.63, 3.8) is 0 Å². The summed E-state index contributed by atoms with van der Waals surface area (Å²) in [6.45, 7) is 3.54. The molecule has 1 N–H and O–H groups in total. The maximum absolute atomic E-state index is 13.1. The van der Waals surface area contributed by atoms with E-state index in [0.29, 0.717) is 30.8 Å². The summed E-state index contributed by atoms with van der Waals surface area (Å²) in [6.07, 6.45) is 5.42. The van der Waals surface area contributed by atoms with Crippen LogP contribution in [0, 0.1) is 0 Å². The number of pyridine rings is 1. The summed E-state index contributed by atoms with van der Waals surface area (Å²) in [4.78, 5) is 37.2. The van der Waals surface area contributed by atoms with Crippen molar-refractivity contribution in [3.8, 4) is 11.1 Å². The van der Waals surface area contributed by atoms with E-state index in [-0.39, 0.29) is 17.9 Å². The predicted octanol–water partition coefficient (Wildman–Crippen LogP) is 4.22.